The van der Waals surface area contributed by atoms with E-state index in [2.05, 4.69) is 11.8 Å². The van der Waals surface area contributed by atoms with Gasteiger partial charge in [0.15, 0.2) is 0 Å². The van der Waals surface area contributed by atoms with E-state index in [1.807, 2.05) is 23.1 Å². The summed E-state index contributed by atoms with van der Waals surface area (Å²) in [4.78, 5) is 16.5. The van der Waals surface area contributed by atoms with Gasteiger partial charge in [0.25, 0.3) is 0 Å². The highest BCUT2D eigenvalue weighted by Crippen LogP contribution is 2.14. The molecule has 0 saturated carbocycles. The Labute approximate surface area is 126 Å². The lowest BCUT2D eigenvalue weighted by Gasteiger charge is -2.34. The smallest absolute Gasteiger partial charge is 0.226 e. The van der Waals surface area contributed by atoms with Crippen LogP contribution in [0.3, 0.4) is 0 Å². The summed E-state index contributed by atoms with van der Waals surface area (Å²) in [5, 5.41) is 0. The molecular formula is C16H25N3O2. The SMILES string of the molecule is CCCN1CCN(C(=O)CCOc2cccc(N)c2)CC1. The molecule has 1 aromatic carbocycles. The van der Waals surface area contributed by atoms with Crippen LogP contribution in [0.15, 0.2) is 24.3 Å². The van der Waals surface area contributed by atoms with Crippen LogP contribution >= 0.6 is 0 Å². The van der Waals surface area contributed by atoms with Gasteiger partial charge in [-0.2, -0.15) is 0 Å². The predicted molar refractivity (Wildman–Crippen MR) is 84.3 cm³/mol. The molecule has 0 spiro atoms. The van der Waals surface area contributed by atoms with Crippen molar-refractivity contribution >= 4 is 11.6 Å². The minimum absolute atomic E-state index is 0.176. The van der Waals surface area contributed by atoms with E-state index in [1.54, 1.807) is 6.07 Å². The summed E-state index contributed by atoms with van der Waals surface area (Å²) in [5.41, 5.74) is 6.36. The van der Waals surface area contributed by atoms with Gasteiger partial charge in [0, 0.05) is 37.9 Å². The van der Waals surface area contributed by atoms with Crippen molar-refractivity contribution in [2.24, 2.45) is 0 Å². The Morgan fingerprint density at radius 3 is 2.71 bits per heavy atom. The van der Waals surface area contributed by atoms with Gasteiger partial charge in [0.1, 0.15) is 5.75 Å². The zero-order chi connectivity index (χ0) is 15.1. The number of rotatable bonds is 6. The summed E-state index contributed by atoms with van der Waals surface area (Å²) < 4.78 is 5.57. The summed E-state index contributed by atoms with van der Waals surface area (Å²) >= 11 is 0. The van der Waals surface area contributed by atoms with E-state index in [4.69, 9.17) is 10.5 Å². The highest BCUT2D eigenvalue weighted by atomic mass is 16.5. The number of nitrogen functional groups attached to an aromatic ring is 1. The van der Waals surface area contributed by atoms with Crippen molar-refractivity contribution in [3.8, 4) is 5.75 Å². The van der Waals surface area contributed by atoms with E-state index in [0.717, 1.165) is 38.5 Å². The second-order valence-corrected chi connectivity index (χ2v) is 5.39. The van der Waals surface area contributed by atoms with Crippen molar-refractivity contribution in [2.75, 3.05) is 45.1 Å². The summed E-state index contributed by atoms with van der Waals surface area (Å²) in [5.74, 6) is 0.894. The lowest BCUT2D eigenvalue weighted by Crippen LogP contribution is -2.49. The summed E-state index contributed by atoms with van der Waals surface area (Å²) in [7, 11) is 0. The van der Waals surface area contributed by atoms with Crippen LogP contribution in [0.1, 0.15) is 19.8 Å². The molecule has 1 saturated heterocycles. The van der Waals surface area contributed by atoms with Crippen molar-refractivity contribution in [3.63, 3.8) is 0 Å². The Hall–Kier alpha value is -1.75. The van der Waals surface area contributed by atoms with Crippen molar-refractivity contribution in [2.45, 2.75) is 19.8 Å². The molecule has 0 radical (unpaired) electrons. The highest BCUT2D eigenvalue weighted by molar-refractivity contribution is 5.76. The van der Waals surface area contributed by atoms with Crippen LogP contribution in [-0.4, -0.2) is 55.0 Å². The average Bonchev–Trinajstić information content (AvgIpc) is 2.48. The summed E-state index contributed by atoms with van der Waals surface area (Å²) in [6, 6.07) is 7.28. The third kappa shape index (κ3) is 4.93. The summed E-state index contributed by atoms with van der Waals surface area (Å²) in [6.07, 6.45) is 1.59. The molecule has 0 aliphatic carbocycles. The zero-order valence-electron chi connectivity index (χ0n) is 12.8. The van der Waals surface area contributed by atoms with E-state index in [-0.39, 0.29) is 5.91 Å². The molecule has 5 nitrogen and oxygen atoms in total. The molecule has 1 fully saturated rings. The quantitative estimate of drug-likeness (QED) is 0.809. The molecule has 116 valence electrons. The standard InChI is InChI=1S/C16H25N3O2/c1-2-7-18-8-10-19(11-9-18)16(20)6-12-21-15-5-3-4-14(17)13-15/h3-5,13H,2,6-12,17H2,1H3. The molecule has 0 atom stereocenters. The van der Waals surface area contributed by atoms with Crippen LogP contribution in [0, 0.1) is 0 Å². The number of carbonyl (C=O) groups excluding carboxylic acids is 1. The maximum Gasteiger partial charge on any atom is 0.226 e. The minimum Gasteiger partial charge on any atom is -0.493 e. The molecule has 1 heterocycles. The van der Waals surface area contributed by atoms with Crippen LogP contribution in [0.2, 0.25) is 0 Å². The molecule has 21 heavy (non-hydrogen) atoms. The Bertz CT molecular complexity index is 457. The Kier molecular flexibility index (Phi) is 5.87. The number of carbonyl (C=O) groups is 1. The van der Waals surface area contributed by atoms with E-state index in [1.165, 1.54) is 6.42 Å². The van der Waals surface area contributed by atoms with Gasteiger partial charge in [-0.3, -0.25) is 9.69 Å². The first-order chi connectivity index (χ1) is 10.2. The second-order valence-electron chi connectivity index (χ2n) is 5.39. The first-order valence-electron chi connectivity index (χ1n) is 7.67. The van der Waals surface area contributed by atoms with Crippen molar-refractivity contribution < 1.29 is 9.53 Å². The second kappa shape index (κ2) is 7.88. The van der Waals surface area contributed by atoms with Crippen LogP contribution in [0.5, 0.6) is 5.75 Å². The third-order valence-electron chi connectivity index (χ3n) is 3.71. The molecule has 5 heteroatoms. The fourth-order valence-electron chi connectivity index (χ4n) is 2.56. The molecular weight excluding hydrogens is 266 g/mol. The number of ether oxygens (including phenoxy) is 1. The summed E-state index contributed by atoms with van der Waals surface area (Å²) in [6.45, 7) is 7.34. The lowest BCUT2D eigenvalue weighted by molar-refractivity contribution is -0.133. The number of nitrogens with zero attached hydrogens (tertiary/aromatic N) is 2. The Balaban J connectivity index is 1.68. The highest BCUT2D eigenvalue weighted by Gasteiger charge is 2.20. The van der Waals surface area contributed by atoms with Crippen molar-refractivity contribution in [1.29, 1.82) is 0 Å². The molecule has 1 aliphatic heterocycles. The molecule has 1 aliphatic rings. The van der Waals surface area contributed by atoms with Gasteiger partial charge < -0.3 is 15.4 Å². The van der Waals surface area contributed by atoms with Gasteiger partial charge >= 0.3 is 0 Å². The van der Waals surface area contributed by atoms with Crippen molar-refractivity contribution in [1.82, 2.24) is 9.80 Å². The van der Waals surface area contributed by atoms with Gasteiger partial charge in [-0.25, -0.2) is 0 Å². The molecule has 2 N–H and O–H groups in total. The maximum absolute atomic E-state index is 12.1. The van der Waals surface area contributed by atoms with E-state index < -0.39 is 0 Å². The zero-order valence-corrected chi connectivity index (χ0v) is 12.8. The van der Waals surface area contributed by atoms with E-state index in [0.29, 0.717) is 18.7 Å². The molecule has 1 aromatic rings. The van der Waals surface area contributed by atoms with Gasteiger partial charge in [-0.15, -0.1) is 0 Å². The molecule has 0 unspecified atom stereocenters. The molecule has 2 rings (SSSR count). The fourth-order valence-corrected chi connectivity index (χ4v) is 2.56. The van der Waals surface area contributed by atoms with Gasteiger partial charge in [0.05, 0.1) is 13.0 Å². The third-order valence-corrected chi connectivity index (χ3v) is 3.71. The number of nitrogens with two attached hydrogens (primary N) is 1. The number of piperazine rings is 1. The van der Waals surface area contributed by atoms with Gasteiger partial charge in [-0.1, -0.05) is 13.0 Å². The van der Waals surface area contributed by atoms with Crippen molar-refractivity contribution in [3.05, 3.63) is 24.3 Å². The van der Waals surface area contributed by atoms with E-state index in [9.17, 15) is 4.79 Å². The number of hydrogen-bond acceptors (Lipinski definition) is 4. The molecule has 0 bridgehead atoms. The number of hydrogen-bond donors (Lipinski definition) is 1. The number of benzene rings is 1. The normalized spacial score (nSPS) is 16.0. The van der Waals surface area contributed by atoms with Gasteiger partial charge in [-0.05, 0) is 25.1 Å². The predicted octanol–water partition coefficient (Wildman–Crippen LogP) is 1.59. The van der Waals surface area contributed by atoms with Crippen LogP contribution in [-0.2, 0) is 4.79 Å². The maximum atomic E-state index is 12.1. The fraction of sp³-hybridized carbons (Fsp3) is 0.562. The monoisotopic (exact) mass is 291 g/mol. The number of amides is 1. The van der Waals surface area contributed by atoms with E-state index >= 15 is 0 Å². The molecule has 1 amide bonds. The van der Waals surface area contributed by atoms with Crippen LogP contribution in [0.25, 0.3) is 0 Å². The topological polar surface area (TPSA) is 58.8 Å². The first kappa shape index (κ1) is 15.6. The van der Waals surface area contributed by atoms with Gasteiger partial charge in [0.2, 0.25) is 5.91 Å². The Morgan fingerprint density at radius 2 is 2.05 bits per heavy atom. The molecule has 0 aromatic heterocycles. The van der Waals surface area contributed by atoms with Crippen LogP contribution in [0.4, 0.5) is 5.69 Å². The minimum atomic E-state index is 0.176. The Morgan fingerprint density at radius 1 is 1.29 bits per heavy atom. The number of anilines is 1. The first-order valence-corrected chi connectivity index (χ1v) is 7.67. The average molecular weight is 291 g/mol. The lowest BCUT2D eigenvalue weighted by atomic mass is 10.2. The van der Waals surface area contributed by atoms with Crippen LogP contribution < -0.4 is 10.5 Å². The largest absolute Gasteiger partial charge is 0.493 e.